The van der Waals surface area contributed by atoms with E-state index in [9.17, 15) is 0 Å². The lowest BCUT2D eigenvalue weighted by Crippen LogP contribution is -2.36. The van der Waals surface area contributed by atoms with Crippen LogP contribution in [0.2, 0.25) is 0 Å². The number of hydrogen-bond acceptors (Lipinski definition) is 4. The zero-order chi connectivity index (χ0) is 14.9. The summed E-state index contributed by atoms with van der Waals surface area (Å²) in [6, 6.07) is 8.63. The van der Waals surface area contributed by atoms with E-state index >= 15 is 0 Å². The minimum Gasteiger partial charge on any atom is -0.396 e. The van der Waals surface area contributed by atoms with Gasteiger partial charge in [0.05, 0.1) is 6.61 Å². The number of nitrogens with one attached hydrogen (secondary N) is 1. The fourth-order valence-electron chi connectivity index (χ4n) is 3.07. The van der Waals surface area contributed by atoms with Crippen LogP contribution in [0.15, 0.2) is 24.3 Å². The first-order chi connectivity index (χ1) is 10.3. The summed E-state index contributed by atoms with van der Waals surface area (Å²) in [5.74, 6) is 0.623. The van der Waals surface area contributed by atoms with Crippen molar-refractivity contribution in [1.29, 1.82) is 0 Å². The monoisotopic (exact) mass is 292 g/mol. The Morgan fingerprint density at radius 1 is 1.38 bits per heavy atom. The van der Waals surface area contributed by atoms with Gasteiger partial charge in [-0.1, -0.05) is 18.2 Å². The van der Waals surface area contributed by atoms with Gasteiger partial charge in [-0.3, -0.25) is 0 Å². The van der Waals surface area contributed by atoms with E-state index in [1.165, 1.54) is 24.1 Å². The second-order valence-corrected chi connectivity index (χ2v) is 5.76. The molecule has 0 spiro atoms. The van der Waals surface area contributed by atoms with Crippen molar-refractivity contribution in [2.75, 3.05) is 44.9 Å². The molecule has 4 heteroatoms. The molecule has 2 rings (SSSR count). The van der Waals surface area contributed by atoms with Gasteiger partial charge >= 0.3 is 0 Å². The van der Waals surface area contributed by atoms with Gasteiger partial charge in [0.25, 0.3) is 0 Å². The molecule has 0 radical (unpaired) electrons. The van der Waals surface area contributed by atoms with Gasteiger partial charge in [0.15, 0.2) is 0 Å². The number of aliphatic hydroxyl groups is 1. The smallest absolute Gasteiger partial charge is 0.0587 e. The number of aliphatic hydroxyl groups excluding tert-OH is 1. The highest BCUT2D eigenvalue weighted by molar-refractivity contribution is 5.54. The minimum absolute atomic E-state index is 0.304. The number of anilines is 1. The highest BCUT2D eigenvalue weighted by Gasteiger charge is 2.21. The quantitative estimate of drug-likeness (QED) is 0.720. The third-order valence-electron chi connectivity index (χ3n) is 4.19. The van der Waals surface area contributed by atoms with Crippen molar-refractivity contribution in [2.45, 2.75) is 25.8 Å². The molecule has 1 aliphatic heterocycles. The summed E-state index contributed by atoms with van der Waals surface area (Å²) in [5, 5.41) is 12.6. The van der Waals surface area contributed by atoms with Crippen LogP contribution >= 0.6 is 0 Å². The molecule has 1 atom stereocenters. The average Bonchev–Trinajstić information content (AvgIpc) is 2.53. The Morgan fingerprint density at radius 2 is 2.24 bits per heavy atom. The first-order valence-electron chi connectivity index (χ1n) is 7.98. The summed E-state index contributed by atoms with van der Waals surface area (Å²) < 4.78 is 5.07. The Labute approximate surface area is 128 Å². The number of methoxy groups -OCH3 is 1. The average molecular weight is 292 g/mol. The molecular weight excluding hydrogens is 264 g/mol. The van der Waals surface area contributed by atoms with Crippen molar-refractivity contribution in [3.8, 4) is 0 Å². The molecule has 1 fully saturated rings. The van der Waals surface area contributed by atoms with Crippen molar-refractivity contribution < 1.29 is 9.84 Å². The van der Waals surface area contributed by atoms with E-state index in [-0.39, 0.29) is 0 Å². The van der Waals surface area contributed by atoms with Crippen LogP contribution in [-0.2, 0) is 11.3 Å². The zero-order valence-corrected chi connectivity index (χ0v) is 13.1. The van der Waals surface area contributed by atoms with Crippen molar-refractivity contribution in [1.82, 2.24) is 5.32 Å². The molecule has 1 heterocycles. The molecule has 1 saturated heterocycles. The van der Waals surface area contributed by atoms with E-state index in [0.29, 0.717) is 12.5 Å². The molecule has 118 valence electrons. The normalized spacial score (nSPS) is 19.0. The number of rotatable bonds is 8. The predicted molar refractivity (Wildman–Crippen MR) is 86.7 cm³/mol. The Bertz CT molecular complexity index is 410. The van der Waals surface area contributed by atoms with E-state index in [1.54, 1.807) is 7.11 Å². The van der Waals surface area contributed by atoms with Crippen LogP contribution in [0, 0.1) is 5.92 Å². The summed E-state index contributed by atoms with van der Waals surface area (Å²) in [4.78, 5) is 2.48. The lowest BCUT2D eigenvalue weighted by Gasteiger charge is -2.35. The fourth-order valence-corrected chi connectivity index (χ4v) is 3.07. The summed E-state index contributed by atoms with van der Waals surface area (Å²) in [6.07, 6.45) is 3.38. The second kappa shape index (κ2) is 9.03. The third-order valence-corrected chi connectivity index (χ3v) is 4.19. The van der Waals surface area contributed by atoms with Crippen LogP contribution in [0.5, 0.6) is 0 Å². The van der Waals surface area contributed by atoms with Gasteiger partial charge in [0, 0.05) is 45.6 Å². The molecule has 1 aliphatic rings. The number of nitrogens with zero attached hydrogens (tertiary/aromatic N) is 1. The molecule has 1 aromatic rings. The molecule has 1 unspecified atom stereocenters. The maximum Gasteiger partial charge on any atom is 0.0587 e. The minimum atomic E-state index is 0.304. The summed E-state index contributed by atoms with van der Waals surface area (Å²) in [7, 11) is 1.73. The molecule has 0 saturated carbocycles. The number of ether oxygens (including phenoxy) is 1. The Kier molecular flexibility index (Phi) is 7.00. The Hall–Kier alpha value is -1.10. The van der Waals surface area contributed by atoms with Crippen LogP contribution in [0.1, 0.15) is 24.8 Å². The molecule has 0 aliphatic carbocycles. The van der Waals surface area contributed by atoms with E-state index in [1.807, 2.05) is 0 Å². The topological polar surface area (TPSA) is 44.7 Å². The summed E-state index contributed by atoms with van der Waals surface area (Å²) in [6.45, 7) is 4.98. The molecule has 2 N–H and O–H groups in total. The zero-order valence-electron chi connectivity index (χ0n) is 13.1. The number of piperidine rings is 1. The van der Waals surface area contributed by atoms with E-state index in [4.69, 9.17) is 9.84 Å². The van der Waals surface area contributed by atoms with Gasteiger partial charge in [0.2, 0.25) is 0 Å². The van der Waals surface area contributed by atoms with Crippen LogP contribution in [-0.4, -0.2) is 45.1 Å². The molecular formula is C17H28N2O2. The maximum atomic E-state index is 9.16. The molecule has 1 aromatic carbocycles. The fraction of sp³-hybridized carbons (Fsp3) is 0.647. The van der Waals surface area contributed by atoms with Crippen LogP contribution in [0.4, 0.5) is 5.69 Å². The van der Waals surface area contributed by atoms with Crippen molar-refractivity contribution in [3.63, 3.8) is 0 Å². The third kappa shape index (κ3) is 4.99. The first kappa shape index (κ1) is 16.3. The van der Waals surface area contributed by atoms with Gasteiger partial charge < -0.3 is 20.1 Å². The van der Waals surface area contributed by atoms with Crippen LogP contribution < -0.4 is 10.2 Å². The van der Waals surface area contributed by atoms with Gasteiger partial charge in [-0.15, -0.1) is 0 Å². The molecule has 0 bridgehead atoms. The SMILES string of the molecule is COCCNCc1ccccc1N1CCCC(CCO)C1. The van der Waals surface area contributed by atoms with Crippen molar-refractivity contribution >= 4 is 5.69 Å². The molecule has 0 amide bonds. The predicted octanol–water partition coefficient (Wildman–Crippen LogP) is 2.02. The van der Waals surface area contributed by atoms with E-state index in [2.05, 4.69) is 34.5 Å². The largest absolute Gasteiger partial charge is 0.396 e. The van der Waals surface area contributed by atoms with Gasteiger partial charge in [-0.05, 0) is 36.8 Å². The van der Waals surface area contributed by atoms with E-state index < -0.39 is 0 Å². The number of para-hydroxylation sites is 1. The van der Waals surface area contributed by atoms with Crippen LogP contribution in [0.3, 0.4) is 0 Å². The molecule has 21 heavy (non-hydrogen) atoms. The highest BCUT2D eigenvalue weighted by Crippen LogP contribution is 2.27. The standard InChI is InChI=1S/C17H28N2O2/c1-21-12-9-18-13-16-6-2-3-7-17(16)19-10-4-5-15(14-19)8-11-20/h2-3,6-7,15,18,20H,4-5,8-14H2,1H3. The maximum absolute atomic E-state index is 9.16. The van der Waals surface area contributed by atoms with E-state index in [0.717, 1.165) is 39.2 Å². The second-order valence-electron chi connectivity index (χ2n) is 5.76. The highest BCUT2D eigenvalue weighted by atomic mass is 16.5. The lowest BCUT2D eigenvalue weighted by molar-refractivity contribution is 0.199. The van der Waals surface area contributed by atoms with Gasteiger partial charge in [-0.2, -0.15) is 0 Å². The summed E-state index contributed by atoms with van der Waals surface area (Å²) >= 11 is 0. The van der Waals surface area contributed by atoms with Gasteiger partial charge in [-0.25, -0.2) is 0 Å². The molecule has 0 aromatic heterocycles. The Morgan fingerprint density at radius 3 is 3.05 bits per heavy atom. The van der Waals surface area contributed by atoms with Gasteiger partial charge in [0.1, 0.15) is 0 Å². The van der Waals surface area contributed by atoms with Crippen molar-refractivity contribution in [2.24, 2.45) is 5.92 Å². The first-order valence-corrected chi connectivity index (χ1v) is 7.98. The summed E-state index contributed by atoms with van der Waals surface area (Å²) in [5.41, 5.74) is 2.68. The number of hydrogen-bond donors (Lipinski definition) is 2. The van der Waals surface area contributed by atoms with Crippen LogP contribution in [0.25, 0.3) is 0 Å². The van der Waals surface area contributed by atoms with Crippen molar-refractivity contribution in [3.05, 3.63) is 29.8 Å². The lowest BCUT2D eigenvalue weighted by atomic mass is 9.94. The Balaban J connectivity index is 1.97. The molecule has 4 nitrogen and oxygen atoms in total. The number of benzene rings is 1.